The summed E-state index contributed by atoms with van der Waals surface area (Å²) in [6, 6.07) is 5.04. The second kappa shape index (κ2) is 6.04. The lowest BCUT2D eigenvalue weighted by molar-refractivity contribution is -0.142. The van der Waals surface area contributed by atoms with Crippen LogP contribution in [0, 0.1) is 0 Å². The number of hydrogen-bond donors (Lipinski definition) is 2. The second-order valence-corrected chi connectivity index (χ2v) is 7.63. The first-order chi connectivity index (χ1) is 11.3. The van der Waals surface area contributed by atoms with E-state index in [1.807, 2.05) is 0 Å². The molecule has 0 amide bonds. The lowest BCUT2D eigenvalue weighted by Crippen LogP contribution is -2.52. The Morgan fingerprint density at radius 1 is 1.42 bits per heavy atom. The van der Waals surface area contributed by atoms with Crippen LogP contribution < -0.4 is 5.69 Å². The second-order valence-electron chi connectivity index (χ2n) is 5.30. The number of nitrogens with zero attached hydrogens (tertiary/aromatic N) is 3. The normalized spacial score (nSPS) is 18.3. The summed E-state index contributed by atoms with van der Waals surface area (Å²) in [5, 5.41) is 15.6. The molecule has 1 aliphatic rings. The van der Waals surface area contributed by atoms with Gasteiger partial charge in [0.25, 0.3) is 0 Å². The molecule has 0 spiro atoms. The van der Waals surface area contributed by atoms with Crippen LogP contribution in [0.1, 0.15) is 11.4 Å². The summed E-state index contributed by atoms with van der Waals surface area (Å²) >= 11 is 5.99. The maximum Gasteiger partial charge on any atom is 0.343 e. The van der Waals surface area contributed by atoms with Gasteiger partial charge in [0.1, 0.15) is 11.9 Å². The van der Waals surface area contributed by atoms with Crippen molar-refractivity contribution in [1.82, 2.24) is 19.1 Å². The third-order valence-corrected chi connectivity index (χ3v) is 5.92. The van der Waals surface area contributed by atoms with Crippen LogP contribution in [-0.4, -0.2) is 44.6 Å². The van der Waals surface area contributed by atoms with Crippen molar-refractivity contribution in [3.05, 3.63) is 51.2 Å². The first-order valence-corrected chi connectivity index (χ1v) is 8.88. The van der Waals surface area contributed by atoms with Crippen LogP contribution >= 0.6 is 11.6 Å². The number of aromatic nitrogens is 3. The summed E-state index contributed by atoms with van der Waals surface area (Å²) < 4.78 is 27.4. The molecule has 2 N–H and O–H groups in total. The van der Waals surface area contributed by atoms with Gasteiger partial charge in [-0.25, -0.2) is 18.3 Å². The molecule has 128 valence electrons. The molecule has 9 nitrogen and oxygen atoms in total. The molecule has 1 atom stereocenters. The summed E-state index contributed by atoms with van der Waals surface area (Å²) in [6.45, 7) is -0.607. The Labute approximate surface area is 141 Å². The maximum absolute atomic E-state index is 12.7. The van der Waals surface area contributed by atoms with Crippen molar-refractivity contribution in [2.45, 2.75) is 24.9 Å². The van der Waals surface area contributed by atoms with Crippen LogP contribution in [0.3, 0.4) is 0 Å². The molecule has 0 radical (unpaired) electrons. The van der Waals surface area contributed by atoms with Crippen molar-refractivity contribution >= 4 is 27.6 Å². The van der Waals surface area contributed by atoms with Gasteiger partial charge in [-0.05, 0) is 11.6 Å². The van der Waals surface area contributed by atoms with Crippen LogP contribution in [-0.2, 0) is 33.7 Å². The summed E-state index contributed by atoms with van der Waals surface area (Å²) in [4.78, 5) is 23.1. The number of benzene rings is 1. The molecule has 0 fully saturated rings. The zero-order valence-electron chi connectivity index (χ0n) is 12.2. The van der Waals surface area contributed by atoms with E-state index >= 15 is 0 Å². The number of H-pyrrole nitrogens is 1. The van der Waals surface area contributed by atoms with Gasteiger partial charge >= 0.3 is 11.7 Å². The summed E-state index contributed by atoms with van der Waals surface area (Å²) in [6.07, 6.45) is 0. The van der Waals surface area contributed by atoms with Gasteiger partial charge in [0, 0.05) is 5.02 Å². The van der Waals surface area contributed by atoms with Crippen molar-refractivity contribution in [3.8, 4) is 0 Å². The van der Waals surface area contributed by atoms with E-state index in [0.717, 1.165) is 8.87 Å². The molecule has 1 aromatic heterocycles. The smallest absolute Gasteiger partial charge is 0.343 e. The van der Waals surface area contributed by atoms with Crippen molar-refractivity contribution in [2.75, 3.05) is 0 Å². The summed E-state index contributed by atoms with van der Waals surface area (Å²) in [5.74, 6) is -1.61. The molecule has 2 aromatic rings. The molecule has 1 aliphatic heterocycles. The van der Waals surface area contributed by atoms with Gasteiger partial charge in [0.05, 0.1) is 18.8 Å². The Morgan fingerprint density at radius 3 is 2.79 bits per heavy atom. The fraction of sp³-hybridized carbons (Fsp3) is 0.308. The summed E-state index contributed by atoms with van der Waals surface area (Å²) in [7, 11) is -3.99. The van der Waals surface area contributed by atoms with Gasteiger partial charge in [0.15, 0.2) is 0 Å². The quantitative estimate of drug-likeness (QED) is 0.779. The maximum atomic E-state index is 12.7. The highest BCUT2D eigenvalue weighted by Gasteiger charge is 2.40. The fourth-order valence-electron chi connectivity index (χ4n) is 2.56. The molecular weight excluding hydrogens is 360 g/mol. The highest BCUT2D eigenvalue weighted by atomic mass is 35.5. The molecule has 0 bridgehead atoms. The third kappa shape index (κ3) is 2.95. The Hall–Kier alpha value is -2.17. The van der Waals surface area contributed by atoms with E-state index in [0.29, 0.717) is 5.56 Å². The minimum Gasteiger partial charge on any atom is -0.480 e. The number of sulfonamides is 1. The minimum absolute atomic E-state index is 0.167. The van der Waals surface area contributed by atoms with E-state index in [4.69, 9.17) is 11.6 Å². The minimum atomic E-state index is -3.99. The monoisotopic (exact) mass is 372 g/mol. The molecule has 0 saturated carbocycles. The number of rotatable bonds is 4. The largest absolute Gasteiger partial charge is 0.480 e. The Morgan fingerprint density at radius 2 is 2.12 bits per heavy atom. The molecule has 1 unspecified atom stereocenters. The molecule has 0 aliphatic carbocycles. The van der Waals surface area contributed by atoms with Crippen molar-refractivity contribution in [1.29, 1.82) is 0 Å². The number of fused-ring (bicyclic) bond motifs is 1. The van der Waals surface area contributed by atoms with Crippen molar-refractivity contribution in [2.24, 2.45) is 0 Å². The third-order valence-electron chi connectivity index (χ3n) is 3.78. The number of carbonyl (C=O) groups is 1. The van der Waals surface area contributed by atoms with E-state index in [9.17, 15) is 23.1 Å². The van der Waals surface area contributed by atoms with E-state index in [1.165, 1.54) is 0 Å². The first-order valence-electron chi connectivity index (χ1n) is 6.89. The number of carboxylic acid groups (broad SMARTS) is 1. The average molecular weight is 373 g/mol. The molecule has 1 aromatic carbocycles. The topological polar surface area (TPSA) is 125 Å². The first kappa shape index (κ1) is 16.7. The molecule has 2 heterocycles. The number of aromatic amines is 1. The van der Waals surface area contributed by atoms with E-state index in [-0.39, 0.29) is 23.9 Å². The number of nitrogens with one attached hydrogen (secondary N) is 1. The summed E-state index contributed by atoms with van der Waals surface area (Å²) in [5.41, 5.74) is -0.201. The molecule has 11 heteroatoms. The van der Waals surface area contributed by atoms with Gasteiger partial charge in [0.2, 0.25) is 10.0 Å². The fourth-order valence-corrected chi connectivity index (χ4v) is 4.51. The van der Waals surface area contributed by atoms with E-state index in [2.05, 4.69) is 10.2 Å². The van der Waals surface area contributed by atoms with Crippen LogP contribution in [0.15, 0.2) is 29.1 Å². The Balaban J connectivity index is 1.98. The standard InChI is InChI=1S/C13H13ClN4O5S/c14-9-4-2-1-3-8(9)7-24(22,23)18-6-11-15-16-13(21)17(11)5-10(18)12(19)20/h1-4,10H,5-7H2,(H,16,21)(H,19,20). The number of carboxylic acids is 1. The number of halogens is 1. The zero-order chi connectivity index (χ0) is 17.5. The Bertz CT molecular complexity index is 951. The molecule has 3 rings (SSSR count). The van der Waals surface area contributed by atoms with E-state index in [1.54, 1.807) is 24.3 Å². The van der Waals surface area contributed by atoms with Crippen molar-refractivity contribution in [3.63, 3.8) is 0 Å². The lowest BCUT2D eigenvalue weighted by atomic mass is 10.2. The van der Waals surface area contributed by atoms with Gasteiger partial charge < -0.3 is 5.11 Å². The molecular formula is C13H13ClN4O5S. The van der Waals surface area contributed by atoms with Gasteiger partial charge in [-0.2, -0.15) is 9.40 Å². The number of aliphatic carboxylic acids is 1. The molecule has 0 saturated heterocycles. The number of hydrogen-bond acceptors (Lipinski definition) is 5. The highest BCUT2D eigenvalue weighted by molar-refractivity contribution is 7.88. The zero-order valence-corrected chi connectivity index (χ0v) is 13.8. The van der Waals surface area contributed by atoms with Crippen LogP contribution in [0.5, 0.6) is 0 Å². The average Bonchev–Trinajstić information content (AvgIpc) is 2.89. The Kier molecular flexibility index (Phi) is 4.20. The highest BCUT2D eigenvalue weighted by Crippen LogP contribution is 2.24. The predicted molar refractivity (Wildman–Crippen MR) is 83.9 cm³/mol. The van der Waals surface area contributed by atoms with Crippen LogP contribution in [0.4, 0.5) is 0 Å². The van der Waals surface area contributed by atoms with E-state index < -0.39 is 33.5 Å². The van der Waals surface area contributed by atoms with Crippen molar-refractivity contribution < 1.29 is 18.3 Å². The van der Waals surface area contributed by atoms with Crippen LogP contribution in [0.2, 0.25) is 5.02 Å². The van der Waals surface area contributed by atoms with Crippen LogP contribution in [0.25, 0.3) is 0 Å². The van der Waals surface area contributed by atoms with Gasteiger partial charge in [-0.1, -0.05) is 29.8 Å². The SMILES string of the molecule is O=C(O)C1Cn2c(n[nH]c2=O)CN1S(=O)(=O)Cc1ccccc1Cl. The lowest BCUT2D eigenvalue weighted by Gasteiger charge is -2.31. The molecule has 24 heavy (non-hydrogen) atoms. The predicted octanol–water partition coefficient (Wildman–Crippen LogP) is 0.0236. The van der Waals surface area contributed by atoms with Gasteiger partial charge in [-0.3, -0.25) is 9.36 Å². The van der Waals surface area contributed by atoms with Gasteiger partial charge in [-0.15, -0.1) is 0 Å².